The standard InChI is InChI=1S/C21H24N2O6S/c1-4-5-15-10-14(11-16(27-2)19(15)28-3)12-17-20(25)23(21(26)30-17)13-18(24)22-6-8-29-9-7-22/h4,10-12H,1,5-9,13H2,2-3H3/b17-12-. The maximum absolute atomic E-state index is 12.8. The van der Waals surface area contributed by atoms with Crippen molar-refractivity contribution in [3.05, 3.63) is 40.8 Å². The molecule has 2 aliphatic heterocycles. The lowest BCUT2D eigenvalue weighted by Crippen LogP contribution is -2.46. The number of thioether (sulfide) groups is 1. The molecule has 2 aliphatic rings. The molecule has 0 aromatic heterocycles. The average Bonchev–Trinajstić information content (AvgIpc) is 3.01. The molecule has 0 saturated carbocycles. The van der Waals surface area contributed by atoms with Crippen molar-refractivity contribution in [1.29, 1.82) is 0 Å². The molecular formula is C21H24N2O6S. The third-order valence-electron chi connectivity index (χ3n) is 4.77. The van der Waals surface area contributed by atoms with Gasteiger partial charge in [-0.1, -0.05) is 6.08 Å². The summed E-state index contributed by atoms with van der Waals surface area (Å²) in [5.41, 5.74) is 1.54. The lowest BCUT2D eigenvalue weighted by molar-refractivity contribution is -0.139. The molecule has 1 aromatic carbocycles. The maximum Gasteiger partial charge on any atom is 0.294 e. The lowest BCUT2D eigenvalue weighted by Gasteiger charge is -2.28. The van der Waals surface area contributed by atoms with E-state index in [0.29, 0.717) is 49.8 Å². The molecule has 30 heavy (non-hydrogen) atoms. The van der Waals surface area contributed by atoms with Crippen molar-refractivity contribution < 1.29 is 28.6 Å². The Labute approximate surface area is 179 Å². The van der Waals surface area contributed by atoms with Crippen LogP contribution in [0.3, 0.4) is 0 Å². The largest absolute Gasteiger partial charge is 0.493 e. The summed E-state index contributed by atoms with van der Waals surface area (Å²) in [6.07, 6.45) is 3.92. The number of methoxy groups -OCH3 is 2. The zero-order valence-corrected chi connectivity index (χ0v) is 17.8. The van der Waals surface area contributed by atoms with Gasteiger partial charge in [-0.3, -0.25) is 19.3 Å². The molecule has 0 bridgehead atoms. The van der Waals surface area contributed by atoms with E-state index in [4.69, 9.17) is 14.2 Å². The van der Waals surface area contributed by atoms with E-state index in [2.05, 4.69) is 6.58 Å². The summed E-state index contributed by atoms with van der Waals surface area (Å²) in [6, 6.07) is 3.59. The number of ether oxygens (including phenoxy) is 3. The van der Waals surface area contributed by atoms with Crippen molar-refractivity contribution in [2.24, 2.45) is 0 Å². The Morgan fingerprint density at radius 2 is 1.97 bits per heavy atom. The van der Waals surface area contributed by atoms with Crippen LogP contribution in [0.4, 0.5) is 4.79 Å². The number of carbonyl (C=O) groups excluding carboxylic acids is 3. The molecule has 0 N–H and O–H groups in total. The smallest absolute Gasteiger partial charge is 0.294 e. The van der Waals surface area contributed by atoms with Gasteiger partial charge < -0.3 is 19.1 Å². The minimum atomic E-state index is -0.480. The van der Waals surface area contributed by atoms with Crippen molar-refractivity contribution in [3.63, 3.8) is 0 Å². The van der Waals surface area contributed by atoms with Gasteiger partial charge in [0.25, 0.3) is 11.1 Å². The molecule has 1 aromatic rings. The van der Waals surface area contributed by atoms with Gasteiger partial charge in [0.05, 0.1) is 32.3 Å². The van der Waals surface area contributed by atoms with Gasteiger partial charge in [-0.2, -0.15) is 0 Å². The predicted octanol–water partition coefficient (Wildman–Crippen LogP) is 2.33. The van der Waals surface area contributed by atoms with Crippen LogP contribution < -0.4 is 9.47 Å². The second kappa shape index (κ2) is 9.82. The number of allylic oxidation sites excluding steroid dienone is 1. The van der Waals surface area contributed by atoms with Gasteiger partial charge in [0.2, 0.25) is 5.91 Å². The molecule has 0 aliphatic carbocycles. The molecule has 2 fully saturated rings. The summed E-state index contributed by atoms with van der Waals surface area (Å²) in [5, 5.41) is -0.459. The van der Waals surface area contributed by atoms with Crippen LogP contribution in [0.2, 0.25) is 0 Å². The maximum atomic E-state index is 12.8. The first-order chi connectivity index (χ1) is 14.5. The normalized spacial score (nSPS) is 18.1. The second-order valence-electron chi connectivity index (χ2n) is 6.67. The fraction of sp³-hybridized carbons (Fsp3) is 0.381. The molecule has 0 radical (unpaired) electrons. The highest BCUT2D eigenvalue weighted by Gasteiger charge is 2.37. The topological polar surface area (TPSA) is 85.4 Å². The van der Waals surface area contributed by atoms with Crippen molar-refractivity contribution in [3.8, 4) is 11.5 Å². The van der Waals surface area contributed by atoms with E-state index >= 15 is 0 Å². The molecule has 3 rings (SSSR count). The number of benzene rings is 1. The quantitative estimate of drug-likeness (QED) is 0.483. The van der Waals surface area contributed by atoms with E-state index in [1.807, 2.05) is 6.07 Å². The van der Waals surface area contributed by atoms with Crippen molar-refractivity contribution in [1.82, 2.24) is 9.80 Å². The number of amides is 3. The molecule has 2 saturated heterocycles. The molecule has 9 heteroatoms. The Morgan fingerprint density at radius 1 is 1.23 bits per heavy atom. The van der Waals surface area contributed by atoms with Crippen LogP contribution in [0.25, 0.3) is 6.08 Å². The summed E-state index contributed by atoms with van der Waals surface area (Å²) < 4.78 is 16.0. The van der Waals surface area contributed by atoms with Crippen LogP contribution >= 0.6 is 11.8 Å². The number of rotatable bonds is 7. The SMILES string of the molecule is C=CCc1cc(/C=C2\SC(=O)N(CC(=O)N3CCOCC3)C2=O)cc(OC)c1OC. The minimum Gasteiger partial charge on any atom is -0.493 e. The zero-order valence-electron chi connectivity index (χ0n) is 17.0. The average molecular weight is 432 g/mol. The highest BCUT2D eigenvalue weighted by molar-refractivity contribution is 8.18. The minimum absolute atomic E-state index is 0.256. The van der Waals surface area contributed by atoms with E-state index in [1.165, 1.54) is 7.11 Å². The third kappa shape index (κ3) is 4.68. The van der Waals surface area contributed by atoms with Gasteiger partial charge in [0.1, 0.15) is 6.54 Å². The number of hydrogen-bond donors (Lipinski definition) is 0. The first-order valence-electron chi connectivity index (χ1n) is 9.45. The van der Waals surface area contributed by atoms with Gasteiger partial charge in [-0.25, -0.2) is 0 Å². The molecule has 8 nitrogen and oxygen atoms in total. The number of hydrogen-bond acceptors (Lipinski definition) is 7. The fourth-order valence-electron chi connectivity index (χ4n) is 3.29. The highest BCUT2D eigenvalue weighted by atomic mass is 32.2. The summed E-state index contributed by atoms with van der Waals surface area (Å²) >= 11 is 0.819. The first kappa shape index (κ1) is 21.9. The summed E-state index contributed by atoms with van der Waals surface area (Å²) in [4.78, 5) is 40.4. The predicted molar refractivity (Wildman–Crippen MR) is 114 cm³/mol. The number of morpholine rings is 1. The van der Waals surface area contributed by atoms with Crippen LogP contribution in [-0.4, -0.2) is 73.9 Å². The van der Waals surface area contributed by atoms with Gasteiger partial charge >= 0.3 is 0 Å². The Morgan fingerprint density at radius 3 is 2.60 bits per heavy atom. The number of carbonyl (C=O) groups is 3. The van der Waals surface area contributed by atoms with Crippen LogP contribution in [-0.2, 0) is 20.7 Å². The fourth-order valence-corrected chi connectivity index (χ4v) is 4.13. The van der Waals surface area contributed by atoms with E-state index in [0.717, 1.165) is 22.2 Å². The van der Waals surface area contributed by atoms with Gasteiger partial charge in [-0.05, 0) is 42.0 Å². The molecule has 0 spiro atoms. The molecule has 0 unspecified atom stereocenters. The van der Waals surface area contributed by atoms with Gasteiger partial charge in [0.15, 0.2) is 11.5 Å². The van der Waals surface area contributed by atoms with E-state index in [-0.39, 0.29) is 17.4 Å². The number of imide groups is 1. The van der Waals surface area contributed by atoms with Gasteiger partial charge in [0, 0.05) is 18.7 Å². The van der Waals surface area contributed by atoms with Crippen molar-refractivity contribution in [2.75, 3.05) is 47.1 Å². The van der Waals surface area contributed by atoms with Crippen LogP contribution in [0.15, 0.2) is 29.7 Å². The zero-order chi connectivity index (χ0) is 21.7. The Kier molecular flexibility index (Phi) is 7.17. The monoisotopic (exact) mass is 432 g/mol. The van der Waals surface area contributed by atoms with Gasteiger partial charge in [-0.15, -0.1) is 6.58 Å². The first-order valence-corrected chi connectivity index (χ1v) is 10.3. The second-order valence-corrected chi connectivity index (χ2v) is 7.66. The molecule has 3 amide bonds. The molecule has 0 atom stereocenters. The van der Waals surface area contributed by atoms with E-state index in [1.54, 1.807) is 30.2 Å². The third-order valence-corrected chi connectivity index (χ3v) is 5.68. The summed E-state index contributed by atoms with van der Waals surface area (Å²) in [7, 11) is 3.09. The van der Waals surface area contributed by atoms with Crippen LogP contribution in [0.1, 0.15) is 11.1 Å². The Bertz CT molecular complexity index is 892. The summed E-state index contributed by atoms with van der Waals surface area (Å²) in [6.45, 7) is 5.32. The lowest BCUT2D eigenvalue weighted by atomic mass is 10.0. The van der Waals surface area contributed by atoms with Crippen molar-refractivity contribution in [2.45, 2.75) is 6.42 Å². The highest BCUT2D eigenvalue weighted by Crippen LogP contribution is 2.36. The molecule has 160 valence electrons. The summed E-state index contributed by atoms with van der Waals surface area (Å²) in [5.74, 6) is 0.372. The van der Waals surface area contributed by atoms with E-state index < -0.39 is 11.1 Å². The van der Waals surface area contributed by atoms with Crippen LogP contribution in [0, 0.1) is 0 Å². The molecular weight excluding hydrogens is 408 g/mol. The van der Waals surface area contributed by atoms with Crippen molar-refractivity contribution >= 4 is 34.9 Å². The Hall–Kier alpha value is -2.78. The van der Waals surface area contributed by atoms with Crippen LogP contribution in [0.5, 0.6) is 11.5 Å². The number of nitrogens with zero attached hydrogens (tertiary/aromatic N) is 2. The molecule has 2 heterocycles. The van der Waals surface area contributed by atoms with E-state index in [9.17, 15) is 14.4 Å². The Balaban J connectivity index is 1.81.